The van der Waals surface area contributed by atoms with E-state index in [4.69, 9.17) is 0 Å². The van der Waals surface area contributed by atoms with Gasteiger partial charge in [0.05, 0.1) is 4.05 Å². The van der Waals surface area contributed by atoms with Crippen LogP contribution in [0.15, 0.2) is 0 Å². The van der Waals surface area contributed by atoms with Gasteiger partial charge in [0.2, 0.25) is 0 Å². The van der Waals surface area contributed by atoms with Gasteiger partial charge in [0.1, 0.15) is 0 Å². The van der Waals surface area contributed by atoms with Gasteiger partial charge in [-0.3, -0.25) is 0 Å². The summed E-state index contributed by atoms with van der Waals surface area (Å²) < 4.78 is 0.691. The van der Waals surface area contributed by atoms with Gasteiger partial charge < -0.3 is 10.2 Å². The van der Waals surface area contributed by atoms with Crippen LogP contribution in [0.5, 0.6) is 0 Å². The predicted molar refractivity (Wildman–Crippen MR) is 52.5 cm³/mol. The third kappa shape index (κ3) is 2.07. The number of hydrogen-bond donors (Lipinski definition) is 1. The zero-order valence-electron chi connectivity index (χ0n) is 6.60. The molecule has 1 fully saturated rings. The lowest BCUT2D eigenvalue weighted by molar-refractivity contribution is 0.270. The van der Waals surface area contributed by atoms with E-state index in [1.54, 1.807) is 0 Å². The van der Waals surface area contributed by atoms with Crippen molar-refractivity contribution in [2.24, 2.45) is 0 Å². The molecule has 0 spiro atoms. The van der Waals surface area contributed by atoms with E-state index in [2.05, 4.69) is 46.8 Å². The van der Waals surface area contributed by atoms with E-state index in [0.29, 0.717) is 4.05 Å². The molecule has 0 saturated carbocycles. The maximum Gasteiger partial charge on any atom is 0.0609 e. The first-order valence-electron chi connectivity index (χ1n) is 3.81. The summed E-state index contributed by atoms with van der Waals surface area (Å²) in [6.45, 7) is 4.54. The monoisotopic (exact) mass is 254 g/mol. The van der Waals surface area contributed by atoms with Gasteiger partial charge >= 0.3 is 0 Å². The second-order valence-electron chi connectivity index (χ2n) is 2.84. The molecule has 3 heteroatoms. The Balaban J connectivity index is 2.29. The van der Waals surface area contributed by atoms with Gasteiger partial charge in [0.25, 0.3) is 0 Å². The molecule has 0 aromatic heterocycles. The highest BCUT2D eigenvalue weighted by atomic mass is 127. The smallest absolute Gasteiger partial charge is 0.0609 e. The lowest BCUT2D eigenvalue weighted by Gasteiger charge is -2.20. The Labute approximate surface area is 76.5 Å². The molecule has 0 radical (unpaired) electrons. The molecule has 0 aliphatic carbocycles. The average molecular weight is 254 g/mol. The average Bonchev–Trinajstić information content (AvgIpc) is 2.34. The van der Waals surface area contributed by atoms with Crippen molar-refractivity contribution in [3.8, 4) is 0 Å². The van der Waals surface area contributed by atoms with Crippen molar-refractivity contribution in [3.05, 3.63) is 0 Å². The normalized spacial score (nSPS) is 33.6. The van der Waals surface area contributed by atoms with Gasteiger partial charge in [-0.15, -0.1) is 0 Å². The molecular formula is C7H15IN2. The van der Waals surface area contributed by atoms with Crippen molar-refractivity contribution in [2.75, 3.05) is 20.1 Å². The molecule has 1 saturated heterocycles. The molecule has 2 atom stereocenters. The third-order valence-corrected chi connectivity index (χ3v) is 3.13. The van der Waals surface area contributed by atoms with Crippen molar-refractivity contribution in [2.45, 2.75) is 23.4 Å². The largest absolute Gasteiger partial charge is 0.304 e. The first kappa shape index (κ1) is 8.74. The van der Waals surface area contributed by atoms with Crippen LogP contribution in [-0.4, -0.2) is 35.1 Å². The van der Waals surface area contributed by atoms with E-state index in [9.17, 15) is 0 Å². The zero-order valence-corrected chi connectivity index (χ0v) is 8.76. The second-order valence-corrected chi connectivity index (χ2v) is 4.34. The van der Waals surface area contributed by atoms with Gasteiger partial charge in [-0.2, -0.15) is 0 Å². The van der Waals surface area contributed by atoms with Gasteiger partial charge in [-0.05, 0) is 20.0 Å². The van der Waals surface area contributed by atoms with Gasteiger partial charge in [-0.1, -0.05) is 29.5 Å². The number of hydrogen-bond acceptors (Lipinski definition) is 2. The highest BCUT2D eigenvalue weighted by molar-refractivity contribution is 14.1. The van der Waals surface area contributed by atoms with Crippen molar-refractivity contribution in [3.63, 3.8) is 0 Å². The third-order valence-electron chi connectivity index (χ3n) is 2.18. The van der Waals surface area contributed by atoms with Crippen LogP contribution < -0.4 is 5.32 Å². The molecule has 0 aromatic rings. The van der Waals surface area contributed by atoms with Gasteiger partial charge in [0.15, 0.2) is 0 Å². The molecule has 0 amide bonds. The van der Waals surface area contributed by atoms with E-state index in [0.717, 1.165) is 19.1 Å². The molecule has 0 aromatic carbocycles. The quantitative estimate of drug-likeness (QED) is 0.450. The van der Waals surface area contributed by atoms with E-state index in [1.165, 1.54) is 6.42 Å². The maximum absolute atomic E-state index is 3.43. The van der Waals surface area contributed by atoms with Crippen LogP contribution in [0.3, 0.4) is 0 Å². The Bertz CT molecular complexity index is 108. The first-order valence-corrected chi connectivity index (χ1v) is 5.06. The number of nitrogens with zero attached hydrogens (tertiary/aromatic N) is 1. The summed E-state index contributed by atoms with van der Waals surface area (Å²) in [5.41, 5.74) is 0. The molecule has 1 rings (SSSR count). The van der Waals surface area contributed by atoms with Gasteiger partial charge in [-0.25, -0.2) is 0 Å². The highest BCUT2D eigenvalue weighted by Crippen LogP contribution is 2.15. The fraction of sp³-hybridized carbons (Fsp3) is 1.00. The molecule has 1 aliphatic heterocycles. The summed E-state index contributed by atoms with van der Waals surface area (Å²) in [6, 6.07) is 0.770. The predicted octanol–water partition coefficient (Wildman–Crippen LogP) is 1.06. The molecule has 2 nitrogen and oxygen atoms in total. The Morgan fingerprint density at radius 2 is 2.40 bits per heavy atom. The van der Waals surface area contributed by atoms with E-state index in [1.807, 2.05) is 0 Å². The Kier molecular flexibility index (Phi) is 3.39. The number of rotatable bonds is 2. The molecule has 1 heterocycles. The van der Waals surface area contributed by atoms with Crippen LogP contribution >= 0.6 is 22.6 Å². The lowest BCUT2D eigenvalue weighted by Crippen LogP contribution is -2.32. The minimum absolute atomic E-state index is 0.691. The summed E-state index contributed by atoms with van der Waals surface area (Å²) in [4.78, 5) is 2.41. The highest BCUT2D eigenvalue weighted by Gasteiger charge is 2.23. The number of nitrogens with one attached hydrogen (secondary N) is 1. The summed E-state index contributed by atoms with van der Waals surface area (Å²) in [5, 5.41) is 3.43. The SMILES string of the molecule is CCN(C)C1CNC(I)C1. The Morgan fingerprint density at radius 3 is 2.80 bits per heavy atom. The standard InChI is InChI=1S/C7H15IN2/c1-3-10(2)6-4-7(8)9-5-6/h6-7,9H,3-5H2,1-2H3. The van der Waals surface area contributed by atoms with Crippen molar-refractivity contribution in [1.29, 1.82) is 0 Å². The van der Waals surface area contributed by atoms with Gasteiger partial charge in [0, 0.05) is 12.6 Å². The molecule has 1 aliphatic rings. The molecular weight excluding hydrogens is 239 g/mol. The molecule has 10 heavy (non-hydrogen) atoms. The number of alkyl halides is 1. The van der Waals surface area contributed by atoms with Crippen molar-refractivity contribution in [1.82, 2.24) is 10.2 Å². The van der Waals surface area contributed by atoms with E-state index in [-0.39, 0.29) is 0 Å². The summed E-state index contributed by atoms with van der Waals surface area (Å²) >= 11 is 2.46. The van der Waals surface area contributed by atoms with Crippen LogP contribution in [0.25, 0.3) is 0 Å². The number of likely N-dealkylation sites (N-methyl/N-ethyl adjacent to an activating group) is 1. The van der Waals surface area contributed by atoms with E-state index >= 15 is 0 Å². The second kappa shape index (κ2) is 3.88. The van der Waals surface area contributed by atoms with Crippen LogP contribution in [0.2, 0.25) is 0 Å². The maximum atomic E-state index is 3.43. The zero-order chi connectivity index (χ0) is 7.56. The van der Waals surface area contributed by atoms with Crippen LogP contribution in [0.1, 0.15) is 13.3 Å². The van der Waals surface area contributed by atoms with Crippen LogP contribution in [0, 0.1) is 0 Å². The molecule has 60 valence electrons. The minimum atomic E-state index is 0.691. The van der Waals surface area contributed by atoms with Crippen LogP contribution in [-0.2, 0) is 0 Å². The topological polar surface area (TPSA) is 15.3 Å². The van der Waals surface area contributed by atoms with Crippen LogP contribution in [0.4, 0.5) is 0 Å². The molecule has 1 N–H and O–H groups in total. The Morgan fingerprint density at radius 1 is 1.70 bits per heavy atom. The summed E-state index contributed by atoms with van der Waals surface area (Å²) in [6.07, 6.45) is 1.30. The van der Waals surface area contributed by atoms with Crippen molar-refractivity contribution >= 4 is 22.6 Å². The lowest BCUT2D eigenvalue weighted by atomic mass is 10.2. The fourth-order valence-electron chi connectivity index (χ4n) is 1.26. The number of halogens is 1. The summed E-state index contributed by atoms with van der Waals surface area (Å²) in [7, 11) is 2.20. The van der Waals surface area contributed by atoms with Crippen molar-refractivity contribution < 1.29 is 0 Å². The molecule has 2 unspecified atom stereocenters. The summed E-state index contributed by atoms with van der Waals surface area (Å²) in [5.74, 6) is 0. The fourth-order valence-corrected chi connectivity index (χ4v) is 2.10. The minimum Gasteiger partial charge on any atom is -0.304 e. The molecule has 0 bridgehead atoms. The van der Waals surface area contributed by atoms with E-state index < -0.39 is 0 Å². The first-order chi connectivity index (χ1) is 4.74. The Hall–Kier alpha value is 0.650.